The molecule has 0 spiro atoms. The van der Waals surface area contributed by atoms with Crippen molar-refractivity contribution in [3.05, 3.63) is 83.9 Å². The number of benzene rings is 1. The number of nitrogens with zero attached hydrogens (tertiary/aromatic N) is 2. The van der Waals surface area contributed by atoms with Crippen LogP contribution in [0.5, 0.6) is 5.88 Å². The van der Waals surface area contributed by atoms with E-state index in [1.165, 1.54) is 6.20 Å². The number of ether oxygens (including phenoxy) is 1. The molecule has 0 saturated heterocycles. The number of hydrogen-bond acceptors (Lipinski definition) is 5. The maximum absolute atomic E-state index is 12.5. The van der Waals surface area contributed by atoms with Gasteiger partial charge in [-0.25, -0.2) is 4.98 Å². The van der Waals surface area contributed by atoms with Gasteiger partial charge in [0, 0.05) is 18.8 Å². The lowest BCUT2D eigenvalue weighted by Crippen LogP contribution is -2.34. The Labute approximate surface area is 165 Å². The third-order valence-corrected chi connectivity index (χ3v) is 4.52. The van der Waals surface area contributed by atoms with Gasteiger partial charge >= 0.3 is 0 Å². The first kappa shape index (κ1) is 19.6. The number of likely N-dealkylation sites (N-methyl/N-ethyl adjacent to an activating group) is 1. The number of nitrogens with one attached hydrogen (secondary N) is 1. The quantitative estimate of drug-likeness (QED) is 0.644. The predicted octanol–water partition coefficient (Wildman–Crippen LogP) is 3.85. The van der Waals surface area contributed by atoms with Crippen molar-refractivity contribution < 1.29 is 13.9 Å². The highest BCUT2D eigenvalue weighted by Gasteiger charge is 2.18. The molecule has 0 aliphatic carbocycles. The van der Waals surface area contributed by atoms with Gasteiger partial charge in [0.25, 0.3) is 5.91 Å². The molecule has 1 amide bonds. The number of aromatic nitrogens is 1. The topological polar surface area (TPSA) is 67.6 Å². The summed E-state index contributed by atoms with van der Waals surface area (Å²) >= 11 is 0. The van der Waals surface area contributed by atoms with Gasteiger partial charge in [-0.2, -0.15) is 0 Å². The molecule has 0 radical (unpaired) electrons. The van der Waals surface area contributed by atoms with Crippen molar-refractivity contribution in [2.45, 2.75) is 19.1 Å². The zero-order chi connectivity index (χ0) is 19.9. The first-order valence-corrected chi connectivity index (χ1v) is 9.20. The van der Waals surface area contributed by atoms with Gasteiger partial charge in [0.05, 0.1) is 17.9 Å². The number of carbonyl (C=O) groups excluding carboxylic acids is 1. The molecule has 6 nitrogen and oxygen atoms in total. The van der Waals surface area contributed by atoms with Crippen molar-refractivity contribution in [2.24, 2.45) is 0 Å². The first-order chi connectivity index (χ1) is 13.5. The lowest BCUT2D eigenvalue weighted by atomic mass is 10.1. The number of rotatable bonds is 8. The van der Waals surface area contributed by atoms with Gasteiger partial charge in [-0.1, -0.05) is 30.3 Å². The zero-order valence-electron chi connectivity index (χ0n) is 16.3. The second kappa shape index (κ2) is 9.19. The van der Waals surface area contributed by atoms with Gasteiger partial charge < -0.3 is 14.5 Å². The van der Waals surface area contributed by atoms with E-state index in [1.807, 2.05) is 68.4 Å². The largest absolute Gasteiger partial charge is 0.470 e. The van der Waals surface area contributed by atoms with Crippen LogP contribution in [-0.4, -0.2) is 36.4 Å². The lowest BCUT2D eigenvalue weighted by Gasteiger charge is -2.22. The molecular weight excluding hydrogens is 354 g/mol. The minimum atomic E-state index is -0.187. The van der Waals surface area contributed by atoms with Crippen molar-refractivity contribution in [2.75, 3.05) is 20.6 Å². The molecule has 0 aliphatic rings. The van der Waals surface area contributed by atoms with E-state index < -0.39 is 0 Å². The SMILES string of the molecule is CC(Oc1ccc(C(=O)NCC(c2ccco2)N(C)C)cn1)c1ccccc1. The van der Waals surface area contributed by atoms with Crippen LogP contribution in [0.3, 0.4) is 0 Å². The Balaban J connectivity index is 1.57. The number of pyridine rings is 1. The predicted molar refractivity (Wildman–Crippen MR) is 107 cm³/mol. The van der Waals surface area contributed by atoms with E-state index in [4.69, 9.17) is 9.15 Å². The molecule has 0 saturated carbocycles. The van der Waals surface area contributed by atoms with E-state index in [-0.39, 0.29) is 18.1 Å². The second-order valence-corrected chi connectivity index (χ2v) is 6.76. The van der Waals surface area contributed by atoms with Crippen LogP contribution in [0.2, 0.25) is 0 Å². The molecule has 3 rings (SSSR count). The molecule has 0 fully saturated rings. The molecule has 2 aromatic heterocycles. The highest BCUT2D eigenvalue weighted by atomic mass is 16.5. The third kappa shape index (κ3) is 4.98. The monoisotopic (exact) mass is 379 g/mol. The van der Waals surface area contributed by atoms with Crippen molar-refractivity contribution in [1.82, 2.24) is 15.2 Å². The van der Waals surface area contributed by atoms with Gasteiger partial charge in [0.1, 0.15) is 11.9 Å². The van der Waals surface area contributed by atoms with Gasteiger partial charge in [-0.15, -0.1) is 0 Å². The summed E-state index contributed by atoms with van der Waals surface area (Å²) in [6.07, 6.45) is 3.04. The summed E-state index contributed by atoms with van der Waals surface area (Å²) in [5.41, 5.74) is 1.55. The Bertz CT molecular complexity index is 862. The maximum atomic E-state index is 12.5. The van der Waals surface area contributed by atoms with E-state index in [1.54, 1.807) is 18.4 Å². The van der Waals surface area contributed by atoms with Crippen molar-refractivity contribution >= 4 is 5.91 Å². The Morgan fingerprint density at radius 2 is 1.93 bits per heavy atom. The molecular formula is C22H25N3O3. The fourth-order valence-corrected chi connectivity index (χ4v) is 2.87. The van der Waals surface area contributed by atoms with Crippen LogP contribution >= 0.6 is 0 Å². The Morgan fingerprint density at radius 3 is 2.54 bits per heavy atom. The van der Waals surface area contributed by atoms with E-state index in [9.17, 15) is 4.79 Å². The van der Waals surface area contributed by atoms with Gasteiger partial charge in [0.15, 0.2) is 0 Å². The average molecular weight is 379 g/mol. The van der Waals surface area contributed by atoms with Gasteiger partial charge in [-0.05, 0) is 44.8 Å². The smallest absolute Gasteiger partial charge is 0.252 e. The Kier molecular flexibility index (Phi) is 6.45. The molecule has 1 N–H and O–H groups in total. The summed E-state index contributed by atoms with van der Waals surface area (Å²) in [6.45, 7) is 2.40. The van der Waals surface area contributed by atoms with Crippen LogP contribution < -0.4 is 10.1 Å². The van der Waals surface area contributed by atoms with Crippen LogP contribution in [0.15, 0.2) is 71.5 Å². The summed E-state index contributed by atoms with van der Waals surface area (Å²) in [4.78, 5) is 18.7. The van der Waals surface area contributed by atoms with Gasteiger partial charge in [0.2, 0.25) is 5.88 Å². The zero-order valence-corrected chi connectivity index (χ0v) is 16.3. The van der Waals surface area contributed by atoms with Gasteiger partial charge in [-0.3, -0.25) is 9.69 Å². The molecule has 2 atom stereocenters. The number of furan rings is 1. The highest BCUT2D eigenvalue weighted by molar-refractivity contribution is 5.93. The summed E-state index contributed by atoms with van der Waals surface area (Å²) in [5, 5.41) is 2.93. The minimum absolute atomic E-state index is 0.0405. The summed E-state index contributed by atoms with van der Waals surface area (Å²) in [7, 11) is 3.89. The second-order valence-electron chi connectivity index (χ2n) is 6.76. The van der Waals surface area contributed by atoms with E-state index in [2.05, 4.69) is 10.3 Å². The molecule has 0 aliphatic heterocycles. The highest BCUT2D eigenvalue weighted by Crippen LogP contribution is 2.20. The summed E-state index contributed by atoms with van der Waals surface area (Å²) in [6, 6.07) is 17.1. The molecule has 3 aromatic rings. The number of amides is 1. The van der Waals surface area contributed by atoms with E-state index >= 15 is 0 Å². The standard InChI is InChI=1S/C22H25N3O3/c1-16(17-8-5-4-6-9-17)28-21-12-11-18(14-23-21)22(26)24-15-19(25(2)3)20-10-7-13-27-20/h4-14,16,19H,15H2,1-3H3,(H,24,26). The lowest BCUT2D eigenvalue weighted by molar-refractivity contribution is 0.0938. The molecule has 2 unspecified atom stereocenters. The van der Waals surface area contributed by atoms with Crippen molar-refractivity contribution in [3.63, 3.8) is 0 Å². The van der Waals surface area contributed by atoms with Crippen LogP contribution in [-0.2, 0) is 0 Å². The third-order valence-electron chi connectivity index (χ3n) is 4.52. The van der Waals surface area contributed by atoms with E-state index in [0.717, 1.165) is 11.3 Å². The van der Waals surface area contributed by atoms with Crippen molar-refractivity contribution in [1.29, 1.82) is 0 Å². The molecule has 2 heterocycles. The summed E-state index contributed by atoms with van der Waals surface area (Å²) in [5.74, 6) is 1.10. The Morgan fingerprint density at radius 1 is 1.14 bits per heavy atom. The molecule has 0 bridgehead atoms. The molecule has 146 valence electrons. The van der Waals surface area contributed by atoms with Crippen LogP contribution in [0.4, 0.5) is 0 Å². The molecule has 1 aromatic carbocycles. The number of hydrogen-bond donors (Lipinski definition) is 1. The molecule has 6 heteroatoms. The average Bonchev–Trinajstić information content (AvgIpc) is 3.23. The van der Waals surface area contributed by atoms with Crippen LogP contribution in [0.1, 0.15) is 40.8 Å². The Hall–Kier alpha value is -3.12. The fraction of sp³-hybridized carbons (Fsp3) is 0.273. The summed E-state index contributed by atoms with van der Waals surface area (Å²) < 4.78 is 11.3. The van der Waals surface area contributed by atoms with Crippen LogP contribution in [0.25, 0.3) is 0 Å². The number of carbonyl (C=O) groups is 1. The first-order valence-electron chi connectivity index (χ1n) is 9.20. The normalized spacial score (nSPS) is 13.1. The van der Waals surface area contributed by atoms with Crippen molar-refractivity contribution in [3.8, 4) is 5.88 Å². The van der Waals surface area contributed by atoms with Crippen LogP contribution in [0, 0.1) is 0 Å². The molecule has 28 heavy (non-hydrogen) atoms. The maximum Gasteiger partial charge on any atom is 0.252 e. The fourth-order valence-electron chi connectivity index (χ4n) is 2.87. The van der Waals surface area contributed by atoms with E-state index in [0.29, 0.717) is 18.0 Å². The minimum Gasteiger partial charge on any atom is -0.470 e.